The fourth-order valence-electron chi connectivity index (χ4n) is 2.48. The smallest absolute Gasteiger partial charge is 0.145 e. The van der Waals surface area contributed by atoms with Crippen molar-refractivity contribution in [2.75, 3.05) is 6.61 Å². The van der Waals surface area contributed by atoms with Crippen LogP contribution < -0.4 is 0 Å². The fraction of sp³-hybridized carbons (Fsp3) is 0.333. The van der Waals surface area contributed by atoms with Gasteiger partial charge in [0.05, 0.1) is 5.69 Å². The SMILES string of the molecule is C[Si](C)(C)CCOCn1ccc2c(-c3ccccc3)ncnc21. The zero-order valence-corrected chi connectivity index (χ0v) is 15.0. The molecule has 3 aromatic rings. The second-order valence-electron chi connectivity index (χ2n) is 6.96. The summed E-state index contributed by atoms with van der Waals surface area (Å²) in [5.41, 5.74) is 3.00. The normalized spacial score (nSPS) is 12.0. The van der Waals surface area contributed by atoms with Gasteiger partial charge >= 0.3 is 0 Å². The first kappa shape index (κ1) is 15.9. The van der Waals surface area contributed by atoms with Gasteiger partial charge in [-0.1, -0.05) is 50.0 Å². The lowest BCUT2D eigenvalue weighted by Gasteiger charge is -2.15. The molecule has 2 aromatic heterocycles. The third-order valence-corrected chi connectivity index (χ3v) is 5.53. The van der Waals surface area contributed by atoms with E-state index in [1.54, 1.807) is 6.33 Å². The Kier molecular flexibility index (Phi) is 4.59. The molecule has 0 aliphatic heterocycles. The molecule has 4 nitrogen and oxygen atoms in total. The Bertz CT molecular complexity index is 778. The van der Waals surface area contributed by atoms with Gasteiger partial charge in [0.2, 0.25) is 0 Å². The van der Waals surface area contributed by atoms with E-state index >= 15 is 0 Å². The van der Waals surface area contributed by atoms with Crippen LogP contribution in [-0.4, -0.2) is 29.2 Å². The van der Waals surface area contributed by atoms with Crippen LogP contribution in [0.3, 0.4) is 0 Å². The quantitative estimate of drug-likeness (QED) is 0.498. The maximum atomic E-state index is 5.85. The zero-order chi connectivity index (χ0) is 16.3. The molecule has 2 heterocycles. The largest absolute Gasteiger partial charge is 0.361 e. The van der Waals surface area contributed by atoms with E-state index < -0.39 is 8.07 Å². The molecular weight excluding hydrogens is 302 g/mol. The van der Waals surface area contributed by atoms with Crippen molar-refractivity contribution in [1.29, 1.82) is 0 Å². The third kappa shape index (κ3) is 3.86. The Balaban J connectivity index is 1.79. The minimum absolute atomic E-state index is 0.541. The standard InChI is InChI=1S/C18H23N3OSi/c1-23(2,3)12-11-22-14-21-10-9-16-17(19-13-20-18(16)21)15-7-5-4-6-8-15/h4-10,13H,11-12,14H2,1-3H3. The van der Waals surface area contributed by atoms with Crippen LogP contribution in [0.2, 0.25) is 25.7 Å². The summed E-state index contributed by atoms with van der Waals surface area (Å²) in [7, 11) is -1.05. The molecule has 120 valence electrons. The molecule has 0 fully saturated rings. The van der Waals surface area contributed by atoms with E-state index in [9.17, 15) is 0 Å². The summed E-state index contributed by atoms with van der Waals surface area (Å²) >= 11 is 0. The number of hydrogen-bond acceptors (Lipinski definition) is 3. The molecule has 0 aliphatic rings. The van der Waals surface area contributed by atoms with Crippen molar-refractivity contribution < 1.29 is 4.74 Å². The number of aromatic nitrogens is 3. The number of benzene rings is 1. The zero-order valence-electron chi connectivity index (χ0n) is 14.0. The predicted molar refractivity (Wildman–Crippen MR) is 97.1 cm³/mol. The highest BCUT2D eigenvalue weighted by molar-refractivity contribution is 6.76. The average Bonchev–Trinajstić information content (AvgIpc) is 2.95. The molecule has 0 N–H and O–H groups in total. The summed E-state index contributed by atoms with van der Waals surface area (Å²) in [5.74, 6) is 0. The molecule has 0 saturated heterocycles. The van der Waals surface area contributed by atoms with Crippen molar-refractivity contribution >= 4 is 19.1 Å². The lowest BCUT2D eigenvalue weighted by molar-refractivity contribution is 0.0899. The predicted octanol–water partition coefficient (Wildman–Crippen LogP) is 4.41. The minimum atomic E-state index is -1.05. The van der Waals surface area contributed by atoms with Crippen molar-refractivity contribution in [3.63, 3.8) is 0 Å². The van der Waals surface area contributed by atoms with Gasteiger partial charge in [-0.3, -0.25) is 0 Å². The number of rotatable bonds is 6. The topological polar surface area (TPSA) is 39.9 Å². The van der Waals surface area contributed by atoms with Gasteiger partial charge < -0.3 is 9.30 Å². The van der Waals surface area contributed by atoms with Crippen molar-refractivity contribution in [1.82, 2.24) is 14.5 Å². The van der Waals surface area contributed by atoms with Crippen LogP contribution in [0.15, 0.2) is 48.9 Å². The van der Waals surface area contributed by atoms with Gasteiger partial charge in [0, 0.05) is 31.8 Å². The van der Waals surface area contributed by atoms with Crippen molar-refractivity contribution in [2.45, 2.75) is 32.4 Å². The van der Waals surface area contributed by atoms with Gasteiger partial charge in [-0.05, 0) is 12.1 Å². The molecule has 5 heteroatoms. The second kappa shape index (κ2) is 6.64. The van der Waals surface area contributed by atoms with E-state index in [1.807, 2.05) is 29.0 Å². The molecule has 0 spiro atoms. The molecule has 0 saturated carbocycles. The second-order valence-corrected chi connectivity index (χ2v) is 12.6. The average molecular weight is 325 g/mol. The van der Waals surface area contributed by atoms with Gasteiger partial charge in [-0.2, -0.15) is 0 Å². The first-order valence-electron chi connectivity index (χ1n) is 7.98. The van der Waals surface area contributed by atoms with Gasteiger partial charge in [0.15, 0.2) is 0 Å². The van der Waals surface area contributed by atoms with Crippen molar-refractivity contribution in [3.05, 3.63) is 48.9 Å². The van der Waals surface area contributed by atoms with Crippen LogP contribution in [0.4, 0.5) is 0 Å². The van der Waals surface area contributed by atoms with E-state index in [1.165, 1.54) is 6.04 Å². The number of fused-ring (bicyclic) bond motifs is 1. The molecular formula is C18H23N3OSi. The molecule has 0 unspecified atom stereocenters. The lowest BCUT2D eigenvalue weighted by Crippen LogP contribution is -2.22. The highest BCUT2D eigenvalue weighted by Gasteiger charge is 2.13. The van der Waals surface area contributed by atoms with Crippen LogP contribution in [0.25, 0.3) is 22.3 Å². The van der Waals surface area contributed by atoms with E-state index in [0.717, 1.165) is 28.9 Å². The summed E-state index contributed by atoms with van der Waals surface area (Å²) in [6, 6.07) is 13.5. The molecule has 0 aliphatic carbocycles. The first-order chi connectivity index (χ1) is 11.0. The van der Waals surface area contributed by atoms with Crippen molar-refractivity contribution in [2.24, 2.45) is 0 Å². The molecule has 1 aromatic carbocycles. The van der Waals surface area contributed by atoms with E-state index in [4.69, 9.17) is 4.74 Å². The number of nitrogens with zero attached hydrogens (tertiary/aromatic N) is 3. The summed E-state index contributed by atoms with van der Waals surface area (Å²) in [6.45, 7) is 8.44. The third-order valence-electron chi connectivity index (χ3n) is 3.83. The van der Waals surface area contributed by atoms with Gasteiger partial charge in [0.1, 0.15) is 18.7 Å². The Hall–Kier alpha value is -1.98. The van der Waals surface area contributed by atoms with E-state index in [2.05, 4.69) is 47.8 Å². The molecule has 0 radical (unpaired) electrons. The van der Waals surface area contributed by atoms with Crippen LogP contribution >= 0.6 is 0 Å². The highest BCUT2D eigenvalue weighted by atomic mass is 28.3. The van der Waals surface area contributed by atoms with E-state index in [0.29, 0.717) is 6.73 Å². The number of hydrogen-bond donors (Lipinski definition) is 0. The Morgan fingerprint density at radius 2 is 1.83 bits per heavy atom. The maximum Gasteiger partial charge on any atom is 0.145 e. The Labute approximate surface area is 138 Å². The van der Waals surface area contributed by atoms with Gasteiger partial charge in [0.25, 0.3) is 0 Å². The minimum Gasteiger partial charge on any atom is -0.361 e. The molecule has 0 bridgehead atoms. The van der Waals surface area contributed by atoms with E-state index in [-0.39, 0.29) is 0 Å². The van der Waals surface area contributed by atoms with Gasteiger partial charge in [-0.25, -0.2) is 9.97 Å². The summed E-state index contributed by atoms with van der Waals surface area (Å²) in [4.78, 5) is 8.89. The summed E-state index contributed by atoms with van der Waals surface area (Å²) in [6.07, 6.45) is 3.66. The first-order valence-corrected chi connectivity index (χ1v) is 11.7. The maximum absolute atomic E-state index is 5.85. The number of ether oxygens (including phenoxy) is 1. The summed E-state index contributed by atoms with van der Waals surface area (Å²) in [5, 5.41) is 1.06. The van der Waals surface area contributed by atoms with Crippen LogP contribution in [0, 0.1) is 0 Å². The van der Waals surface area contributed by atoms with Crippen molar-refractivity contribution in [3.8, 4) is 11.3 Å². The lowest BCUT2D eigenvalue weighted by atomic mass is 10.1. The molecule has 23 heavy (non-hydrogen) atoms. The van der Waals surface area contributed by atoms with Crippen LogP contribution in [0.1, 0.15) is 0 Å². The van der Waals surface area contributed by atoms with Gasteiger partial charge in [-0.15, -0.1) is 0 Å². The summed E-state index contributed by atoms with van der Waals surface area (Å²) < 4.78 is 7.89. The fourth-order valence-corrected chi connectivity index (χ4v) is 3.23. The Morgan fingerprint density at radius 1 is 1.04 bits per heavy atom. The highest BCUT2D eigenvalue weighted by Crippen LogP contribution is 2.25. The van der Waals surface area contributed by atoms with Crippen LogP contribution in [0.5, 0.6) is 0 Å². The Morgan fingerprint density at radius 3 is 2.57 bits per heavy atom. The monoisotopic (exact) mass is 325 g/mol. The van der Waals surface area contributed by atoms with Crippen LogP contribution in [-0.2, 0) is 11.5 Å². The molecule has 3 rings (SSSR count). The molecule has 0 amide bonds. The molecule has 0 atom stereocenters.